The second kappa shape index (κ2) is 8.78. The lowest BCUT2D eigenvalue weighted by molar-refractivity contribution is -0.120. The number of carbonyl (C=O) groups is 2. The largest absolute Gasteiger partial charge is 0.493 e. The van der Waals surface area contributed by atoms with E-state index in [9.17, 15) is 9.59 Å². The number of nitrogens with zero attached hydrogens (tertiary/aromatic N) is 1. The van der Waals surface area contributed by atoms with Crippen LogP contribution in [-0.4, -0.2) is 43.0 Å². The number of carbonyl (C=O) groups excluding carboxylic acids is 2. The van der Waals surface area contributed by atoms with Gasteiger partial charge in [0.05, 0.1) is 14.2 Å². The van der Waals surface area contributed by atoms with Crippen LogP contribution in [0, 0.1) is 5.92 Å². The Balaban J connectivity index is 1.59. The molecule has 2 aromatic rings. The van der Waals surface area contributed by atoms with Gasteiger partial charge in [-0.25, -0.2) is 0 Å². The zero-order valence-corrected chi connectivity index (χ0v) is 17.5. The molecule has 3 atom stereocenters. The number of fused-ring (bicyclic) bond motifs is 1. The summed E-state index contributed by atoms with van der Waals surface area (Å²) in [5, 5.41) is 2.99. The smallest absolute Gasteiger partial charge is 0.254 e. The average molecular weight is 408 g/mol. The highest BCUT2D eigenvalue weighted by atomic mass is 16.5. The predicted octanol–water partition coefficient (Wildman–Crippen LogP) is 4.12. The van der Waals surface area contributed by atoms with Gasteiger partial charge in [0.1, 0.15) is 6.04 Å². The zero-order valence-electron chi connectivity index (χ0n) is 17.5. The van der Waals surface area contributed by atoms with Gasteiger partial charge < -0.3 is 19.7 Å². The summed E-state index contributed by atoms with van der Waals surface area (Å²) >= 11 is 0. The van der Waals surface area contributed by atoms with Crippen molar-refractivity contribution in [3.05, 3.63) is 54.1 Å². The van der Waals surface area contributed by atoms with Gasteiger partial charge in [0.25, 0.3) is 5.91 Å². The lowest BCUT2D eigenvalue weighted by Gasteiger charge is -2.33. The Bertz CT molecular complexity index is 915. The van der Waals surface area contributed by atoms with E-state index in [-0.39, 0.29) is 17.9 Å². The van der Waals surface area contributed by atoms with Gasteiger partial charge in [0.2, 0.25) is 5.91 Å². The van der Waals surface area contributed by atoms with Crippen LogP contribution >= 0.6 is 0 Å². The third-order valence-electron chi connectivity index (χ3n) is 6.30. The highest BCUT2D eigenvalue weighted by molar-refractivity contribution is 6.02. The molecule has 6 nitrogen and oxygen atoms in total. The topological polar surface area (TPSA) is 67.9 Å². The summed E-state index contributed by atoms with van der Waals surface area (Å²) < 4.78 is 10.6. The molecule has 2 aliphatic rings. The Morgan fingerprint density at radius 3 is 2.43 bits per heavy atom. The molecule has 2 aromatic carbocycles. The number of amides is 2. The van der Waals surface area contributed by atoms with Crippen molar-refractivity contribution >= 4 is 17.5 Å². The third-order valence-corrected chi connectivity index (χ3v) is 6.30. The molecule has 4 rings (SSSR count). The van der Waals surface area contributed by atoms with Crippen LogP contribution in [0.2, 0.25) is 0 Å². The monoisotopic (exact) mass is 408 g/mol. The van der Waals surface area contributed by atoms with E-state index in [0.29, 0.717) is 35.1 Å². The van der Waals surface area contributed by atoms with Gasteiger partial charge in [-0.05, 0) is 49.4 Å². The number of ether oxygens (including phenoxy) is 2. The fourth-order valence-corrected chi connectivity index (χ4v) is 4.86. The van der Waals surface area contributed by atoms with Crippen molar-refractivity contribution in [3.63, 3.8) is 0 Å². The fourth-order valence-electron chi connectivity index (χ4n) is 4.86. The van der Waals surface area contributed by atoms with E-state index in [0.717, 1.165) is 19.3 Å². The van der Waals surface area contributed by atoms with Crippen molar-refractivity contribution < 1.29 is 19.1 Å². The second-order valence-corrected chi connectivity index (χ2v) is 8.00. The van der Waals surface area contributed by atoms with E-state index in [1.165, 1.54) is 6.42 Å². The van der Waals surface area contributed by atoms with Crippen LogP contribution in [0.4, 0.5) is 5.69 Å². The number of anilines is 1. The molecule has 1 aliphatic heterocycles. The van der Waals surface area contributed by atoms with Crippen LogP contribution in [0.3, 0.4) is 0 Å². The number of hydrogen-bond acceptors (Lipinski definition) is 4. The molecule has 0 spiro atoms. The molecule has 2 amide bonds. The molecule has 0 bridgehead atoms. The molecule has 1 saturated carbocycles. The first-order valence-electron chi connectivity index (χ1n) is 10.5. The minimum Gasteiger partial charge on any atom is -0.493 e. The van der Waals surface area contributed by atoms with Crippen molar-refractivity contribution in [3.8, 4) is 11.5 Å². The predicted molar refractivity (Wildman–Crippen MR) is 115 cm³/mol. The molecule has 0 aromatic heterocycles. The summed E-state index contributed by atoms with van der Waals surface area (Å²) in [6.45, 7) is 0. The van der Waals surface area contributed by atoms with Crippen molar-refractivity contribution in [1.29, 1.82) is 0 Å². The Morgan fingerprint density at radius 1 is 0.967 bits per heavy atom. The number of hydrogen-bond donors (Lipinski definition) is 1. The lowest BCUT2D eigenvalue weighted by Crippen LogP contribution is -2.47. The molecule has 158 valence electrons. The van der Waals surface area contributed by atoms with Crippen molar-refractivity contribution in [2.75, 3.05) is 19.5 Å². The van der Waals surface area contributed by atoms with E-state index in [4.69, 9.17) is 9.47 Å². The maximum atomic E-state index is 13.4. The van der Waals surface area contributed by atoms with E-state index >= 15 is 0 Å². The average Bonchev–Trinajstić information content (AvgIpc) is 3.19. The third kappa shape index (κ3) is 3.86. The van der Waals surface area contributed by atoms with Crippen LogP contribution in [0.15, 0.2) is 48.5 Å². The highest BCUT2D eigenvalue weighted by Crippen LogP contribution is 2.41. The number of rotatable bonds is 5. The first kappa shape index (κ1) is 20.3. The number of benzene rings is 2. The Labute approximate surface area is 177 Å². The van der Waals surface area contributed by atoms with Crippen LogP contribution in [0.1, 0.15) is 42.5 Å². The van der Waals surface area contributed by atoms with E-state index in [1.807, 2.05) is 35.2 Å². The van der Waals surface area contributed by atoms with Gasteiger partial charge in [-0.15, -0.1) is 0 Å². The Kier molecular flexibility index (Phi) is 5.93. The van der Waals surface area contributed by atoms with Crippen LogP contribution in [0.5, 0.6) is 11.5 Å². The van der Waals surface area contributed by atoms with Crippen LogP contribution in [-0.2, 0) is 4.79 Å². The van der Waals surface area contributed by atoms with Gasteiger partial charge >= 0.3 is 0 Å². The molecular weight excluding hydrogens is 380 g/mol. The fraction of sp³-hybridized carbons (Fsp3) is 0.417. The number of likely N-dealkylation sites (tertiary alicyclic amines) is 1. The normalized spacial score (nSPS) is 22.9. The lowest BCUT2D eigenvalue weighted by atomic mass is 9.84. The van der Waals surface area contributed by atoms with Crippen molar-refractivity contribution in [2.45, 2.75) is 44.2 Å². The summed E-state index contributed by atoms with van der Waals surface area (Å²) in [4.78, 5) is 28.5. The minimum atomic E-state index is -0.473. The molecule has 6 heteroatoms. The van der Waals surface area contributed by atoms with Gasteiger partial charge in [-0.1, -0.05) is 31.0 Å². The molecule has 1 heterocycles. The number of nitrogens with one attached hydrogen (secondary N) is 1. The molecule has 1 saturated heterocycles. The molecule has 1 N–H and O–H groups in total. The molecule has 0 radical (unpaired) electrons. The van der Waals surface area contributed by atoms with Crippen molar-refractivity contribution in [1.82, 2.24) is 4.90 Å². The number of methoxy groups -OCH3 is 2. The Morgan fingerprint density at radius 2 is 1.70 bits per heavy atom. The summed E-state index contributed by atoms with van der Waals surface area (Å²) in [5.74, 6) is 1.32. The van der Waals surface area contributed by atoms with Crippen LogP contribution < -0.4 is 14.8 Å². The SMILES string of the molecule is COc1ccc(NC(=O)C2CC3CCCCC3N2C(=O)c2ccccc2)cc1OC. The second-order valence-electron chi connectivity index (χ2n) is 8.00. The van der Waals surface area contributed by atoms with Crippen LogP contribution in [0.25, 0.3) is 0 Å². The van der Waals surface area contributed by atoms with Gasteiger partial charge in [-0.2, -0.15) is 0 Å². The van der Waals surface area contributed by atoms with Gasteiger partial charge in [-0.3, -0.25) is 9.59 Å². The zero-order chi connectivity index (χ0) is 21.1. The summed E-state index contributed by atoms with van der Waals surface area (Å²) in [6.07, 6.45) is 5.01. The molecule has 1 aliphatic carbocycles. The standard InChI is InChI=1S/C24H28N2O4/c1-29-21-13-12-18(15-22(21)30-2)25-23(27)20-14-17-10-6-7-11-19(17)26(20)24(28)16-8-4-3-5-9-16/h3-5,8-9,12-13,15,17,19-20H,6-7,10-11,14H2,1-2H3,(H,25,27). The van der Waals surface area contributed by atoms with E-state index < -0.39 is 6.04 Å². The molecular formula is C24H28N2O4. The first-order chi connectivity index (χ1) is 14.6. The van der Waals surface area contributed by atoms with E-state index in [2.05, 4.69) is 5.32 Å². The first-order valence-corrected chi connectivity index (χ1v) is 10.5. The maximum absolute atomic E-state index is 13.4. The van der Waals surface area contributed by atoms with Gasteiger partial charge in [0, 0.05) is 23.4 Å². The van der Waals surface area contributed by atoms with Crippen molar-refractivity contribution in [2.24, 2.45) is 5.92 Å². The molecule has 2 fully saturated rings. The summed E-state index contributed by atoms with van der Waals surface area (Å²) in [6, 6.07) is 14.2. The highest BCUT2D eigenvalue weighted by Gasteiger charge is 2.47. The minimum absolute atomic E-state index is 0.0579. The van der Waals surface area contributed by atoms with Gasteiger partial charge in [0.15, 0.2) is 11.5 Å². The molecule has 3 unspecified atom stereocenters. The molecule has 30 heavy (non-hydrogen) atoms. The maximum Gasteiger partial charge on any atom is 0.254 e. The summed E-state index contributed by atoms with van der Waals surface area (Å²) in [7, 11) is 3.13. The van der Waals surface area contributed by atoms with E-state index in [1.54, 1.807) is 32.4 Å². The summed E-state index contributed by atoms with van der Waals surface area (Å²) in [5.41, 5.74) is 1.26. The Hall–Kier alpha value is -3.02. The quantitative estimate of drug-likeness (QED) is 0.808.